The number of thiazole rings is 2. The maximum atomic E-state index is 4.98. The van der Waals surface area contributed by atoms with Gasteiger partial charge in [0.25, 0.3) is 0 Å². The second-order valence-corrected chi connectivity index (χ2v) is 19.4. The molecule has 0 fully saturated rings. The fourth-order valence-electron chi connectivity index (χ4n) is 10.3. The van der Waals surface area contributed by atoms with Crippen LogP contribution in [-0.4, -0.2) is 9.97 Å². The van der Waals surface area contributed by atoms with Gasteiger partial charge in [0.15, 0.2) is 0 Å². The standard InChI is InChI=1S/C63H42N4S2/c1-5-17-45(18-6-1)63(46-19-7-2-8-20-46)55-41-51(66(47-21-9-3-10-22-47)49-33-29-43(30-34-49)61-64-57-25-13-15-27-59(57)68-61)37-39-53(55)54-40-38-52(42-56(54)63)67(48-23-11-4-12-24-48)50-35-31-44(32-36-50)62-65-58-26-14-16-28-60(58)69-62/h1-42H. The first-order valence-corrected chi connectivity index (χ1v) is 24.9. The van der Waals surface area contributed by atoms with Crippen LogP contribution in [0.4, 0.5) is 34.1 Å². The quantitative estimate of drug-likeness (QED) is 0.137. The van der Waals surface area contributed by atoms with E-state index >= 15 is 0 Å². The number of hydrogen-bond acceptors (Lipinski definition) is 6. The molecule has 2 heterocycles. The van der Waals surface area contributed by atoms with Crippen molar-refractivity contribution in [2.45, 2.75) is 5.41 Å². The van der Waals surface area contributed by atoms with Gasteiger partial charge in [-0.1, -0.05) is 133 Å². The molecule has 326 valence electrons. The molecule has 10 aromatic carbocycles. The number of nitrogens with zero attached hydrogens (tertiary/aromatic N) is 4. The summed E-state index contributed by atoms with van der Waals surface area (Å²) in [6.45, 7) is 0. The minimum absolute atomic E-state index is 0.655. The Kier molecular flexibility index (Phi) is 10.1. The molecule has 2 aromatic heterocycles. The third kappa shape index (κ3) is 7.03. The molecule has 0 aliphatic heterocycles. The van der Waals surface area contributed by atoms with E-state index in [0.29, 0.717) is 0 Å². The second kappa shape index (κ2) is 17.0. The molecule has 6 heteroatoms. The molecule has 12 aromatic rings. The Labute approximate surface area is 409 Å². The van der Waals surface area contributed by atoms with Crippen molar-refractivity contribution in [2.75, 3.05) is 9.80 Å². The first kappa shape index (κ1) is 40.8. The number of benzene rings is 10. The van der Waals surface area contributed by atoms with Crippen LogP contribution in [0.15, 0.2) is 255 Å². The summed E-state index contributed by atoms with van der Waals surface area (Å²) in [5.74, 6) is 0. The zero-order valence-electron chi connectivity index (χ0n) is 37.4. The minimum atomic E-state index is -0.655. The van der Waals surface area contributed by atoms with Crippen LogP contribution >= 0.6 is 22.7 Å². The van der Waals surface area contributed by atoms with Crippen LogP contribution in [0.1, 0.15) is 22.3 Å². The van der Waals surface area contributed by atoms with Gasteiger partial charge in [-0.2, -0.15) is 0 Å². The summed E-state index contributed by atoms with van der Waals surface area (Å²) in [7, 11) is 0. The summed E-state index contributed by atoms with van der Waals surface area (Å²) < 4.78 is 2.38. The maximum Gasteiger partial charge on any atom is 0.124 e. The largest absolute Gasteiger partial charge is 0.310 e. The third-order valence-electron chi connectivity index (χ3n) is 13.4. The highest BCUT2D eigenvalue weighted by molar-refractivity contribution is 7.22. The van der Waals surface area contributed by atoms with Crippen LogP contribution in [0.25, 0.3) is 52.7 Å². The van der Waals surface area contributed by atoms with Crippen molar-refractivity contribution in [3.05, 3.63) is 277 Å². The average Bonchev–Trinajstić information content (AvgIpc) is 4.14. The van der Waals surface area contributed by atoms with Crippen molar-refractivity contribution in [1.82, 2.24) is 9.97 Å². The lowest BCUT2D eigenvalue weighted by Gasteiger charge is -2.35. The molecule has 0 saturated carbocycles. The number of rotatable bonds is 10. The van der Waals surface area contributed by atoms with E-state index in [2.05, 4.69) is 265 Å². The molecule has 0 bridgehead atoms. The highest BCUT2D eigenvalue weighted by Gasteiger charge is 2.47. The molecular formula is C63H42N4S2. The molecule has 0 radical (unpaired) electrons. The summed E-state index contributed by atoms with van der Waals surface area (Å²) in [6, 6.07) is 92.2. The van der Waals surface area contributed by atoms with Crippen molar-refractivity contribution >= 4 is 77.2 Å². The van der Waals surface area contributed by atoms with E-state index in [1.165, 1.54) is 42.8 Å². The Bertz CT molecular complexity index is 3460. The van der Waals surface area contributed by atoms with Gasteiger partial charge >= 0.3 is 0 Å². The van der Waals surface area contributed by atoms with Crippen LogP contribution in [0.3, 0.4) is 0 Å². The smallest absolute Gasteiger partial charge is 0.124 e. The molecule has 0 N–H and O–H groups in total. The normalized spacial score (nSPS) is 12.5. The van der Waals surface area contributed by atoms with E-state index in [-0.39, 0.29) is 0 Å². The van der Waals surface area contributed by atoms with Gasteiger partial charge in [0.05, 0.1) is 25.8 Å². The lowest BCUT2D eigenvalue weighted by atomic mass is 9.67. The average molecular weight is 919 g/mol. The van der Waals surface area contributed by atoms with Gasteiger partial charge in [0, 0.05) is 45.3 Å². The zero-order valence-corrected chi connectivity index (χ0v) is 39.0. The van der Waals surface area contributed by atoms with E-state index in [1.807, 2.05) is 0 Å². The number of anilines is 6. The first-order chi connectivity index (χ1) is 34.2. The number of fused-ring (bicyclic) bond motifs is 5. The molecule has 0 spiro atoms. The molecule has 0 atom stereocenters. The maximum absolute atomic E-state index is 4.98. The van der Waals surface area contributed by atoms with E-state index in [0.717, 1.165) is 66.3 Å². The van der Waals surface area contributed by atoms with Crippen molar-refractivity contribution in [3.8, 4) is 32.3 Å². The van der Waals surface area contributed by atoms with Gasteiger partial charge < -0.3 is 9.80 Å². The Morgan fingerprint density at radius 2 is 0.638 bits per heavy atom. The molecule has 0 unspecified atom stereocenters. The summed E-state index contributed by atoms with van der Waals surface area (Å²) in [5, 5.41) is 2.04. The molecule has 0 saturated heterocycles. The molecule has 13 rings (SSSR count). The predicted molar refractivity (Wildman–Crippen MR) is 290 cm³/mol. The van der Waals surface area contributed by atoms with Gasteiger partial charge in [-0.25, -0.2) is 9.97 Å². The monoisotopic (exact) mass is 918 g/mol. The summed E-state index contributed by atoms with van der Waals surface area (Å²) >= 11 is 3.46. The van der Waals surface area contributed by atoms with Gasteiger partial charge in [-0.3, -0.25) is 0 Å². The number of aromatic nitrogens is 2. The van der Waals surface area contributed by atoms with E-state index < -0.39 is 5.41 Å². The van der Waals surface area contributed by atoms with Crippen molar-refractivity contribution in [1.29, 1.82) is 0 Å². The van der Waals surface area contributed by atoms with Crippen molar-refractivity contribution in [2.24, 2.45) is 0 Å². The van der Waals surface area contributed by atoms with Gasteiger partial charge in [-0.15, -0.1) is 22.7 Å². The first-order valence-electron chi connectivity index (χ1n) is 23.2. The third-order valence-corrected chi connectivity index (χ3v) is 15.6. The lowest BCUT2D eigenvalue weighted by molar-refractivity contribution is 0.768. The van der Waals surface area contributed by atoms with Crippen LogP contribution in [-0.2, 0) is 5.41 Å². The molecule has 69 heavy (non-hydrogen) atoms. The van der Waals surface area contributed by atoms with E-state index in [4.69, 9.17) is 9.97 Å². The zero-order chi connectivity index (χ0) is 45.7. The SMILES string of the molecule is c1ccc(N(c2ccc(-c3nc4ccccc4s3)cc2)c2ccc3c(c2)C(c2ccccc2)(c2ccccc2)c2cc(N(c4ccccc4)c4ccc(-c5nc6ccccc6s5)cc4)ccc2-3)cc1. The molecule has 1 aliphatic rings. The van der Waals surface area contributed by atoms with E-state index in [9.17, 15) is 0 Å². The van der Waals surface area contributed by atoms with Crippen LogP contribution < -0.4 is 9.80 Å². The second-order valence-electron chi connectivity index (χ2n) is 17.4. The predicted octanol–water partition coefficient (Wildman–Crippen LogP) is 17.5. The Hall–Kier alpha value is -8.42. The summed E-state index contributed by atoms with van der Waals surface area (Å²) in [5.41, 5.74) is 17.4. The Morgan fingerprint density at radius 3 is 1.03 bits per heavy atom. The fraction of sp³-hybridized carbons (Fsp3) is 0.0159. The summed E-state index contributed by atoms with van der Waals surface area (Å²) in [4.78, 5) is 14.7. The van der Waals surface area contributed by atoms with Gasteiger partial charge in [0.2, 0.25) is 0 Å². The highest BCUT2D eigenvalue weighted by atomic mass is 32.1. The minimum Gasteiger partial charge on any atom is -0.310 e. The van der Waals surface area contributed by atoms with Gasteiger partial charge in [0.1, 0.15) is 10.0 Å². The Balaban J connectivity index is 0.976. The summed E-state index contributed by atoms with van der Waals surface area (Å²) in [6.07, 6.45) is 0. The van der Waals surface area contributed by atoms with Crippen molar-refractivity contribution in [3.63, 3.8) is 0 Å². The molecule has 0 amide bonds. The Morgan fingerprint density at radius 1 is 0.304 bits per heavy atom. The highest BCUT2D eigenvalue weighted by Crippen LogP contribution is 2.58. The van der Waals surface area contributed by atoms with Crippen LogP contribution in [0.5, 0.6) is 0 Å². The molecule has 4 nitrogen and oxygen atoms in total. The van der Waals surface area contributed by atoms with Crippen LogP contribution in [0.2, 0.25) is 0 Å². The van der Waals surface area contributed by atoms with Crippen LogP contribution in [0, 0.1) is 0 Å². The molecular weight excluding hydrogens is 877 g/mol. The fourth-order valence-corrected chi connectivity index (χ4v) is 12.2. The van der Waals surface area contributed by atoms with Gasteiger partial charge in [-0.05, 0) is 155 Å². The van der Waals surface area contributed by atoms with Crippen molar-refractivity contribution < 1.29 is 0 Å². The van der Waals surface area contributed by atoms with E-state index in [1.54, 1.807) is 22.7 Å². The molecule has 1 aliphatic carbocycles. The number of para-hydroxylation sites is 4. The number of hydrogen-bond donors (Lipinski definition) is 0. The topological polar surface area (TPSA) is 32.3 Å². The lowest BCUT2D eigenvalue weighted by Crippen LogP contribution is -2.29.